The van der Waals surface area contributed by atoms with E-state index < -0.39 is 24.1 Å². The third-order valence-electron chi connectivity index (χ3n) is 10.7. The molecule has 2 aliphatic heterocycles. The summed E-state index contributed by atoms with van der Waals surface area (Å²) in [7, 11) is 2.89. The Labute approximate surface area is 264 Å². The van der Waals surface area contributed by atoms with E-state index in [4.69, 9.17) is 21.1 Å². The van der Waals surface area contributed by atoms with E-state index >= 15 is 0 Å². The molecule has 0 saturated heterocycles. The number of aliphatic hydroxyl groups excluding tert-OH is 1. The van der Waals surface area contributed by atoms with Gasteiger partial charge in [-0.25, -0.2) is 4.79 Å². The van der Waals surface area contributed by atoms with E-state index in [1.807, 2.05) is 25.1 Å². The zero-order valence-corrected chi connectivity index (χ0v) is 26.6. The molecule has 1 saturated carbocycles. The molecule has 2 aromatic carbocycles. The summed E-state index contributed by atoms with van der Waals surface area (Å²) in [6.07, 6.45) is 8.18. The van der Waals surface area contributed by atoms with Crippen LogP contribution in [0.15, 0.2) is 48.6 Å². The van der Waals surface area contributed by atoms with Crippen LogP contribution in [0.5, 0.6) is 5.75 Å². The lowest BCUT2D eigenvalue weighted by Crippen LogP contribution is -2.49. The van der Waals surface area contributed by atoms with Gasteiger partial charge in [-0.2, -0.15) is 0 Å². The molecule has 0 radical (unpaired) electrons. The summed E-state index contributed by atoms with van der Waals surface area (Å²) < 4.78 is 11.7. The van der Waals surface area contributed by atoms with Gasteiger partial charge in [0.1, 0.15) is 5.75 Å². The molecule has 2 bridgehead atoms. The number of carbonyl (C=O) groups is 2. The average Bonchev–Trinajstić information content (AvgIpc) is 3.14. The number of anilines is 1. The van der Waals surface area contributed by atoms with E-state index in [1.165, 1.54) is 23.1 Å². The minimum atomic E-state index is -2.18. The standard InChI is InChI=1S/C35H43ClN2O6/c1-22-6-4-8-30(39)27-12-9-24(27)19-38-20-34(15-5-7-23-16-26(36)11-13-28(23)34)21-44-31-14-10-25(17-29(31)38)35(42,33(41)43-3)18-32(40)37(22)2/h4,8,10-11,13-14,16-17,22,24,27,30,39,42H,5-7,9,12,15,18-21H2,1-3H3/b8-4+/t22-,24+,27-,30+,34+,35+/m1/s1. The monoisotopic (exact) mass is 622 g/mol. The van der Waals surface area contributed by atoms with Crippen LogP contribution in [0.25, 0.3) is 0 Å². The number of methoxy groups -OCH3 is 1. The second kappa shape index (κ2) is 12.0. The fourth-order valence-electron chi connectivity index (χ4n) is 7.69. The van der Waals surface area contributed by atoms with Crippen molar-refractivity contribution in [1.29, 1.82) is 0 Å². The Balaban J connectivity index is 1.47. The number of hydrogen-bond acceptors (Lipinski definition) is 7. The van der Waals surface area contributed by atoms with Gasteiger partial charge in [-0.05, 0) is 98.2 Å². The van der Waals surface area contributed by atoms with E-state index in [0.29, 0.717) is 31.9 Å². The number of hydrogen-bond donors (Lipinski definition) is 2. The minimum Gasteiger partial charge on any atom is -0.490 e. The number of nitrogens with zero attached hydrogens (tertiary/aromatic N) is 2. The van der Waals surface area contributed by atoms with Crippen LogP contribution in [0.4, 0.5) is 5.69 Å². The van der Waals surface area contributed by atoms with Gasteiger partial charge < -0.3 is 29.5 Å². The Kier molecular flexibility index (Phi) is 8.46. The van der Waals surface area contributed by atoms with Gasteiger partial charge >= 0.3 is 5.97 Å². The van der Waals surface area contributed by atoms with E-state index in [9.17, 15) is 19.8 Å². The van der Waals surface area contributed by atoms with Crippen LogP contribution < -0.4 is 9.64 Å². The number of amides is 1. The first kappa shape index (κ1) is 30.9. The van der Waals surface area contributed by atoms with Crippen molar-refractivity contribution in [1.82, 2.24) is 4.90 Å². The summed E-state index contributed by atoms with van der Waals surface area (Å²) in [6, 6.07) is 11.2. The first-order chi connectivity index (χ1) is 21.0. The molecule has 1 fully saturated rings. The number of rotatable bonds is 1. The molecule has 0 aromatic heterocycles. The van der Waals surface area contributed by atoms with Crippen LogP contribution in [0.2, 0.25) is 5.02 Å². The highest BCUT2D eigenvalue weighted by atomic mass is 35.5. The predicted octanol–water partition coefficient (Wildman–Crippen LogP) is 4.76. The summed E-state index contributed by atoms with van der Waals surface area (Å²) in [5.74, 6) is -0.238. The maximum atomic E-state index is 13.5. The van der Waals surface area contributed by atoms with Crippen LogP contribution in [0, 0.1) is 11.8 Å². The van der Waals surface area contributed by atoms with Gasteiger partial charge in [0.2, 0.25) is 5.91 Å². The summed E-state index contributed by atoms with van der Waals surface area (Å²) in [4.78, 5) is 30.5. The van der Waals surface area contributed by atoms with Crippen molar-refractivity contribution in [2.75, 3.05) is 38.8 Å². The summed E-state index contributed by atoms with van der Waals surface area (Å²) in [6.45, 7) is 3.75. The zero-order chi connectivity index (χ0) is 31.2. The van der Waals surface area contributed by atoms with Gasteiger partial charge in [-0.15, -0.1) is 0 Å². The van der Waals surface area contributed by atoms with Gasteiger partial charge in [-0.3, -0.25) is 4.79 Å². The van der Waals surface area contributed by atoms with Crippen LogP contribution in [0.1, 0.15) is 62.1 Å². The molecule has 0 unspecified atom stereocenters. The smallest absolute Gasteiger partial charge is 0.343 e. The summed E-state index contributed by atoms with van der Waals surface area (Å²) in [5, 5.41) is 23.8. The van der Waals surface area contributed by atoms with E-state index in [0.717, 1.165) is 42.8 Å². The van der Waals surface area contributed by atoms with Crippen LogP contribution in [0.3, 0.4) is 0 Å². The highest BCUT2D eigenvalue weighted by Crippen LogP contribution is 2.47. The summed E-state index contributed by atoms with van der Waals surface area (Å²) >= 11 is 6.41. The number of carbonyl (C=O) groups excluding carboxylic acids is 2. The molecule has 8 nitrogen and oxygen atoms in total. The number of aliphatic hydroxyl groups is 2. The van der Waals surface area contributed by atoms with E-state index in [2.05, 4.69) is 17.0 Å². The molecular formula is C35H43ClN2O6. The van der Waals surface area contributed by atoms with Crippen molar-refractivity contribution >= 4 is 29.2 Å². The second-order valence-corrected chi connectivity index (χ2v) is 13.8. The van der Waals surface area contributed by atoms with Crippen molar-refractivity contribution in [2.45, 2.75) is 75.0 Å². The summed E-state index contributed by atoms with van der Waals surface area (Å²) in [5.41, 5.74) is 1.07. The van der Waals surface area contributed by atoms with Gasteiger partial charge in [0.15, 0.2) is 5.60 Å². The third kappa shape index (κ3) is 5.50. The molecule has 9 heteroatoms. The topological polar surface area (TPSA) is 99.5 Å². The Morgan fingerprint density at radius 1 is 1.18 bits per heavy atom. The molecule has 2 heterocycles. The average molecular weight is 623 g/mol. The van der Waals surface area contributed by atoms with Crippen LogP contribution >= 0.6 is 11.6 Å². The fourth-order valence-corrected chi connectivity index (χ4v) is 7.89. The van der Waals surface area contributed by atoms with Crippen molar-refractivity contribution in [3.05, 3.63) is 70.3 Å². The maximum absolute atomic E-state index is 13.5. The van der Waals surface area contributed by atoms with Crippen molar-refractivity contribution in [3.8, 4) is 5.75 Å². The molecule has 2 aliphatic carbocycles. The maximum Gasteiger partial charge on any atom is 0.343 e. The highest BCUT2D eigenvalue weighted by molar-refractivity contribution is 6.30. The van der Waals surface area contributed by atoms with Crippen molar-refractivity contribution in [2.24, 2.45) is 11.8 Å². The van der Waals surface area contributed by atoms with Gasteiger partial charge in [0, 0.05) is 36.6 Å². The molecular weight excluding hydrogens is 580 g/mol. The molecule has 2 aromatic rings. The van der Waals surface area contributed by atoms with E-state index in [-0.39, 0.29) is 34.8 Å². The molecule has 1 spiro atoms. The van der Waals surface area contributed by atoms with Crippen LogP contribution in [-0.4, -0.2) is 73.0 Å². The Morgan fingerprint density at radius 3 is 2.75 bits per heavy atom. The lowest BCUT2D eigenvalue weighted by Gasteiger charge is -2.45. The zero-order valence-electron chi connectivity index (χ0n) is 25.8. The molecule has 1 amide bonds. The molecule has 6 rings (SSSR count). The van der Waals surface area contributed by atoms with Gasteiger partial charge in [0.05, 0.1) is 31.9 Å². The number of aryl methyl sites for hydroxylation is 1. The Bertz CT molecular complexity index is 1460. The second-order valence-electron chi connectivity index (χ2n) is 13.3. The highest BCUT2D eigenvalue weighted by Gasteiger charge is 2.46. The number of fused-ring (bicyclic) bond motifs is 4. The molecule has 2 N–H and O–H groups in total. The largest absolute Gasteiger partial charge is 0.490 e. The lowest BCUT2D eigenvalue weighted by molar-refractivity contribution is -0.168. The third-order valence-corrected chi connectivity index (χ3v) is 10.9. The molecule has 6 atom stereocenters. The molecule has 4 aliphatic rings. The first-order valence-electron chi connectivity index (χ1n) is 15.8. The predicted molar refractivity (Wildman–Crippen MR) is 169 cm³/mol. The Morgan fingerprint density at radius 2 is 2.00 bits per heavy atom. The number of benzene rings is 2. The Hall–Kier alpha value is -3.07. The van der Waals surface area contributed by atoms with Gasteiger partial charge in [-0.1, -0.05) is 35.9 Å². The SMILES string of the molecule is COC(=O)[C@]1(O)CC(=O)N(C)[C@H](C)C/C=C/[C@H](O)[C@@H]2CC[C@H]2CN2C[C@@]3(CCCc4cc(Cl)ccc43)COc3ccc1cc32. The van der Waals surface area contributed by atoms with Crippen molar-refractivity contribution < 1.29 is 29.3 Å². The van der Waals surface area contributed by atoms with Crippen molar-refractivity contribution in [3.63, 3.8) is 0 Å². The lowest BCUT2D eigenvalue weighted by atomic mass is 9.68. The number of esters is 1. The minimum absolute atomic E-state index is 0.116. The fraction of sp³-hybridized carbons (Fsp3) is 0.543. The van der Waals surface area contributed by atoms with Crippen LogP contribution in [-0.2, 0) is 31.8 Å². The molecule has 236 valence electrons. The quantitative estimate of drug-likeness (QED) is 0.350. The van der Waals surface area contributed by atoms with E-state index in [1.54, 1.807) is 25.2 Å². The first-order valence-corrected chi connectivity index (χ1v) is 16.1. The normalized spacial score (nSPS) is 32.9. The number of halogens is 1. The van der Waals surface area contributed by atoms with Gasteiger partial charge in [0.25, 0.3) is 0 Å². The molecule has 44 heavy (non-hydrogen) atoms. The number of ether oxygens (including phenoxy) is 2.